The minimum absolute atomic E-state index is 0. The standard InChI is InChI=1S/C26H30O4.6CO.2Co/c1-2-9-22-16-18-26-25(29-22)19-17-23(28)24(30-26)13-8-4-7-12-21(27)15-14-20-10-5-3-6-11-20;6*1-2;;/h2-6,8,10-11,16-19,21-28H,1,9,13-15H2;;;;;;;;/b8-4-;;;;;;;;/t21?,22-,23+,24-,25-,26+;;;;;;;;/m1......../s1. The van der Waals surface area contributed by atoms with Crippen molar-refractivity contribution in [1.29, 1.82) is 0 Å². The molecule has 0 saturated carbocycles. The Hall–Kier alpha value is -2.97. The Kier molecular flexibility index (Phi) is 51.3. The first-order chi connectivity index (χ1) is 20.7. The number of hydrogen-bond donors (Lipinski definition) is 2. The molecule has 1 unspecified atom stereocenters. The molecular weight excluding hydrogens is 662 g/mol. The van der Waals surface area contributed by atoms with E-state index in [1.165, 1.54) is 5.56 Å². The molecule has 1 aromatic rings. The van der Waals surface area contributed by atoms with Crippen LogP contribution in [0, 0.1) is 51.7 Å². The van der Waals surface area contributed by atoms with Crippen LogP contribution in [0.1, 0.15) is 24.8 Å². The van der Waals surface area contributed by atoms with Gasteiger partial charge in [-0.05, 0) is 37.3 Å². The summed E-state index contributed by atoms with van der Waals surface area (Å²) in [6, 6.07) is 10.1. The van der Waals surface area contributed by atoms with Gasteiger partial charge in [0.1, 0.15) is 18.3 Å². The number of ether oxygens (including phenoxy) is 2. The molecule has 2 heterocycles. The zero-order valence-corrected chi connectivity index (χ0v) is 25.3. The fourth-order valence-electron chi connectivity index (χ4n) is 3.49. The average molecular weight is 692 g/mol. The van der Waals surface area contributed by atoms with Crippen LogP contribution in [0.15, 0.2) is 79.4 Å². The molecular formula is C32H30Co2O10. The van der Waals surface area contributed by atoms with Gasteiger partial charge in [-0.15, -0.1) is 6.58 Å². The van der Waals surface area contributed by atoms with Crippen LogP contribution in [0.3, 0.4) is 0 Å². The first-order valence-corrected chi connectivity index (χ1v) is 11.7. The smallest absolute Gasteiger partial charge is 0 e. The van der Waals surface area contributed by atoms with E-state index in [2.05, 4.69) is 58.3 Å². The Balaban J connectivity index is -0.000000231. The summed E-state index contributed by atoms with van der Waals surface area (Å²) in [5.41, 5.74) is 1.19. The van der Waals surface area contributed by atoms with Crippen LogP contribution >= 0.6 is 0 Å². The minimum atomic E-state index is -0.709. The summed E-state index contributed by atoms with van der Waals surface area (Å²) in [4.78, 5) is 0. The summed E-state index contributed by atoms with van der Waals surface area (Å²) >= 11 is 0. The molecule has 0 fully saturated rings. The van der Waals surface area contributed by atoms with Crippen LogP contribution in [0.2, 0.25) is 0 Å². The molecule has 2 radical (unpaired) electrons. The third-order valence-electron chi connectivity index (χ3n) is 5.15. The summed E-state index contributed by atoms with van der Waals surface area (Å²) in [7, 11) is 0. The Morgan fingerprint density at radius 1 is 0.795 bits per heavy atom. The van der Waals surface area contributed by atoms with Crippen LogP contribution in [0.25, 0.3) is 0 Å². The van der Waals surface area contributed by atoms with Gasteiger partial charge in [0.2, 0.25) is 0 Å². The topological polar surface area (TPSA) is 178 Å². The Morgan fingerprint density at radius 2 is 1.32 bits per heavy atom. The molecule has 12 heteroatoms. The van der Waals surface area contributed by atoms with Crippen molar-refractivity contribution in [2.75, 3.05) is 0 Å². The number of aliphatic hydroxyl groups is 2. The van der Waals surface area contributed by atoms with Gasteiger partial charge in [0, 0.05) is 33.6 Å². The van der Waals surface area contributed by atoms with Gasteiger partial charge in [-0.3, -0.25) is 0 Å². The Morgan fingerprint density at radius 3 is 1.86 bits per heavy atom. The molecule has 10 nitrogen and oxygen atoms in total. The zero-order chi connectivity index (χ0) is 33.2. The number of aliphatic hydroxyl groups excluding tert-OH is 2. The third-order valence-corrected chi connectivity index (χ3v) is 5.15. The largest absolute Gasteiger partial charge is 0 e. The Labute approximate surface area is 279 Å². The summed E-state index contributed by atoms with van der Waals surface area (Å²) in [5, 5.41) is 20.4. The fourth-order valence-corrected chi connectivity index (χ4v) is 3.49. The number of fused-ring (bicyclic) bond motifs is 1. The second-order valence-electron chi connectivity index (χ2n) is 7.53. The van der Waals surface area contributed by atoms with Crippen molar-refractivity contribution in [1.82, 2.24) is 0 Å². The zero-order valence-electron chi connectivity index (χ0n) is 23.3. The molecule has 0 spiro atoms. The quantitative estimate of drug-likeness (QED) is 0.193. The van der Waals surface area contributed by atoms with Gasteiger partial charge >= 0.3 is 67.8 Å². The molecule has 1 aromatic carbocycles. The minimum Gasteiger partial charge on any atom is 0 e. The number of rotatable bonds is 7. The van der Waals surface area contributed by atoms with E-state index < -0.39 is 12.2 Å². The van der Waals surface area contributed by atoms with Crippen molar-refractivity contribution in [3.8, 4) is 11.8 Å². The van der Waals surface area contributed by atoms with Crippen LogP contribution in [0.5, 0.6) is 0 Å². The maximum atomic E-state index is 10.4. The van der Waals surface area contributed by atoms with E-state index >= 15 is 0 Å². The first kappa shape index (κ1) is 53.6. The normalized spacial score (nSPS) is 20.0. The van der Waals surface area contributed by atoms with Crippen molar-refractivity contribution in [2.45, 2.75) is 62.3 Å². The summed E-state index contributed by atoms with van der Waals surface area (Å²) < 4.78 is 57.1. The summed E-state index contributed by atoms with van der Waals surface area (Å²) in [5.74, 6) is 5.72. The number of benzene rings is 1. The summed E-state index contributed by atoms with van der Waals surface area (Å²) in [6.45, 7) is 30.7. The van der Waals surface area contributed by atoms with E-state index in [9.17, 15) is 10.2 Å². The van der Waals surface area contributed by atoms with E-state index in [0.717, 1.165) is 12.8 Å². The molecule has 6 atom stereocenters. The van der Waals surface area contributed by atoms with Crippen molar-refractivity contribution in [3.63, 3.8) is 0 Å². The van der Waals surface area contributed by atoms with E-state index in [1.54, 1.807) is 12.2 Å². The maximum absolute atomic E-state index is 10.4. The summed E-state index contributed by atoms with van der Waals surface area (Å²) in [6.07, 6.45) is 13.5. The van der Waals surface area contributed by atoms with Crippen LogP contribution < -0.4 is 0 Å². The van der Waals surface area contributed by atoms with Gasteiger partial charge in [-0.25, -0.2) is 0 Å². The molecule has 2 N–H and O–H groups in total. The Bertz CT molecular complexity index is 1050. The molecule has 236 valence electrons. The molecule has 0 aliphatic carbocycles. The molecule has 44 heavy (non-hydrogen) atoms. The predicted octanol–water partition coefficient (Wildman–Crippen LogP) is 3.28. The van der Waals surface area contributed by atoms with Gasteiger partial charge in [-0.2, -0.15) is 0 Å². The van der Waals surface area contributed by atoms with E-state index in [1.807, 2.05) is 60.7 Å². The first-order valence-electron chi connectivity index (χ1n) is 11.7. The molecule has 0 amide bonds. The molecule has 0 saturated heterocycles. The SMILES string of the molecule is C=CC[C@@H]1C=C[C@@H]2O[C@H](C/C=C\C#CC(O)CCc3ccccc3)[C@@H](O)C=C[C@H]2O1.[C-]#[O+].[C-]#[O+].[C-]#[O+].[C-]#[O+].[C-]#[O+].[C-]#[O+].[Co].[Co]. The van der Waals surface area contributed by atoms with Crippen molar-refractivity contribution in [2.24, 2.45) is 0 Å². The number of aryl methyl sites for hydroxylation is 1. The molecule has 2 aliphatic heterocycles. The van der Waals surface area contributed by atoms with Gasteiger partial charge in [0.15, 0.2) is 0 Å². The van der Waals surface area contributed by atoms with Gasteiger partial charge in [-0.1, -0.05) is 78.6 Å². The predicted molar refractivity (Wildman–Crippen MR) is 142 cm³/mol. The van der Waals surface area contributed by atoms with Crippen molar-refractivity contribution in [3.05, 3.63) is 125 Å². The number of hydrogen-bond acceptors (Lipinski definition) is 4. The third kappa shape index (κ3) is 25.5. The van der Waals surface area contributed by atoms with E-state index in [4.69, 9.17) is 37.4 Å². The fraction of sp³-hybridized carbons (Fsp3) is 0.312. The van der Waals surface area contributed by atoms with E-state index in [-0.39, 0.29) is 58.0 Å². The second kappa shape index (κ2) is 42.2. The maximum Gasteiger partial charge on any atom is 0 e. The van der Waals surface area contributed by atoms with Gasteiger partial charge in [0.05, 0.1) is 18.3 Å². The second-order valence-corrected chi connectivity index (χ2v) is 7.53. The average Bonchev–Trinajstić information content (AvgIpc) is 3.24. The van der Waals surface area contributed by atoms with E-state index in [0.29, 0.717) is 12.8 Å². The molecule has 0 bridgehead atoms. The van der Waals surface area contributed by atoms with Crippen molar-refractivity contribution < 1.29 is 81.2 Å². The molecule has 3 rings (SSSR count). The molecule has 2 aliphatic rings. The van der Waals surface area contributed by atoms with Gasteiger partial charge in [0.25, 0.3) is 0 Å². The van der Waals surface area contributed by atoms with Gasteiger partial charge < -0.3 is 19.7 Å². The molecule has 0 aromatic heterocycles. The monoisotopic (exact) mass is 692 g/mol. The number of allylic oxidation sites excluding steroid dienone is 1. The van der Waals surface area contributed by atoms with Crippen LogP contribution in [0.4, 0.5) is 0 Å². The van der Waals surface area contributed by atoms with Crippen LogP contribution in [-0.4, -0.2) is 46.8 Å². The van der Waals surface area contributed by atoms with Crippen molar-refractivity contribution >= 4 is 0 Å². The van der Waals surface area contributed by atoms with Crippen LogP contribution in [-0.2, 0) is 77.4 Å².